The predicted molar refractivity (Wildman–Crippen MR) is 91.6 cm³/mol. The molecule has 3 rings (SSSR count). The highest BCUT2D eigenvalue weighted by Crippen LogP contribution is 2.42. The fraction of sp³-hybridized carbons (Fsp3) is 0.632. The highest BCUT2D eigenvalue weighted by Gasteiger charge is 2.40. The summed E-state index contributed by atoms with van der Waals surface area (Å²) in [5, 5.41) is 4.13. The van der Waals surface area contributed by atoms with Gasteiger partial charge in [0.2, 0.25) is 1.43 Å². The Hall–Kier alpha value is -1.59. The number of piperidine rings is 1. The van der Waals surface area contributed by atoms with Crippen LogP contribution in [0.2, 0.25) is 0 Å². The monoisotopic (exact) mass is 351 g/mol. The normalized spacial score (nSPS) is 52.9. The molecule has 0 spiro atoms. The zero-order chi connectivity index (χ0) is 33.2. The van der Waals surface area contributed by atoms with Crippen LogP contribution in [0.5, 0.6) is 11.5 Å². The molecule has 2 aliphatic rings. The highest BCUT2D eigenvalue weighted by atomic mass is 16.5. The van der Waals surface area contributed by atoms with Crippen molar-refractivity contribution in [2.24, 2.45) is 5.89 Å². The standard InChI is InChI=1S/C19H27NO4/c1-19(2,22)10-13-11-20-6-5-12-7-17(23-3)18(24-4)8-14(12)15(20)9-16(13)21/h7-8,13,15,22H,5-6,9-11H2,1-4H3/t13-,15-/m0/s1/i1D3,5D2,6D2,7D,8D,9D2,10D2,11D2,13D,15D,22D/t13-,15-,19?. The summed E-state index contributed by atoms with van der Waals surface area (Å²) in [4.78, 5) is 13.4. The Morgan fingerprint density at radius 1 is 1.58 bits per heavy atom. The van der Waals surface area contributed by atoms with Gasteiger partial charge in [0.25, 0.3) is 0 Å². The molecular weight excluding hydrogens is 306 g/mol. The van der Waals surface area contributed by atoms with Gasteiger partial charge in [0.05, 0.1) is 23.9 Å². The number of rotatable bonds is 5. The van der Waals surface area contributed by atoms with Gasteiger partial charge < -0.3 is 14.6 Å². The Bertz CT molecular complexity index is 1330. The van der Waals surface area contributed by atoms with Crippen molar-refractivity contribution >= 4 is 5.78 Å². The first-order valence-electron chi connectivity index (χ1n) is 15.7. The van der Waals surface area contributed by atoms with Crippen molar-refractivity contribution in [3.63, 3.8) is 0 Å². The number of ether oxygens (including phenoxy) is 2. The molecule has 1 saturated heterocycles. The van der Waals surface area contributed by atoms with Gasteiger partial charge in [0, 0.05) is 50.5 Å². The lowest BCUT2D eigenvalue weighted by atomic mass is 9.79. The first-order chi connectivity index (χ1) is 18.5. The average Bonchev–Trinajstić information content (AvgIpc) is 2.84. The van der Waals surface area contributed by atoms with Crippen LogP contribution in [0, 0.1) is 5.89 Å². The van der Waals surface area contributed by atoms with E-state index in [0.29, 0.717) is 6.92 Å². The number of nitrogens with zero attached hydrogens (tertiary/aromatic N) is 1. The van der Waals surface area contributed by atoms with Crippen LogP contribution in [0.15, 0.2) is 12.1 Å². The first kappa shape index (κ1) is 5.71. The second-order valence-electron chi connectivity index (χ2n) is 5.09. The average molecular weight is 352 g/mol. The molecule has 0 amide bonds. The number of ketones is 1. The maximum absolute atomic E-state index is 14.0. The number of hydrogen-bond donors (Lipinski definition) is 1. The fourth-order valence-electron chi connectivity index (χ4n) is 2.16. The van der Waals surface area contributed by atoms with E-state index in [-0.39, 0.29) is 0 Å². The van der Waals surface area contributed by atoms with Crippen LogP contribution in [-0.2, 0) is 11.2 Å². The van der Waals surface area contributed by atoms with Crippen molar-refractivity contribution in [1.82, 2.24) is 4.90 Å². The summed E-state index contributed by atoms with van der Waals surface area (Å²) >= 11 is 0. The number of fused-ring (bicyclic) bond motifs is 3. The summed E-state index contributed by atoms with van der Waals surface area (Å²) in [7, 11) is 1.96. The van der Waals surface area contributed by atoms with E-state index in [1.54, 1.807) is 0 Å². The van der Waals surface area contributed by atoms with Gasteiger partial charge in [-0.05, 0) is 49.7 Å². The second kappa shape index (κ2) is 6.37. The number of carbonyl (C=O) groups excluding carboxylic acids is 1. The van der Waals surface area contributed by atoms with Gasteiger partial charge in [-0.3, -0.25) is 9.69 Å². The minimum absolute atomic E-state index is 0.398. The predicted octanol–water partition coefficient (Wildman–Crippen LogP) is 2.35. The van der Waals surface area contributed by atoms with E-state index in [4.69, 9.17) is 32.8 Å². The molecule has 24 heavy (non-hydrogen) atoms. The summed E-state index contributed by atoms with van der Waals surface area (Å²) < 4.78 is 163. The van der Waals surface area contributed by atoms with Gasteiger partial charge in [-0.25, -0.2) is 0 Å². The summed E-state index contributed by atoms with van der Waals surface area (Å²) in [5.41, 5.74) is -5.96. The van der Waals surface area contributed by atoms with Crippen molar-refractivity contribution < 1.29 is 42.7 Å². The van der Waals surface area contributed by atoms with E-state index in [1.807, 2.05) is 0 Å². The zero-order valence-corrected chi connectivity index (χ0v) is 13.1. The minimum atomic E-state index is -4.37. The molecule has 0 radical (unpaired) electrons. The number of aliphatic hydroxyl groups is 1. The lowest BCUT2D eigenvalue weighted by molar-refractivity contribution is -0.131. The number of methoxy groups -OCH3 is 2. The van der Waals surface area contributed by atoms with Crippen molar-refractivity contribution in [2.45, 2.75) is 44.5 Å². The van der Waals surface area contributed by atoms with Gasteiger partial charge in [0.1, 0.15) is 5.78 Å². The third-order valence-corrected chi connectivity index (χ3v) is 3.14. The van der Waals surface area contributed by atoms with Gasteiger partial charge in [-0.1, -0.05) is 0 Å². The Morgan fingerprint density at radius 3 is 3.00 bits per heavy atom. The molecule has 0 saturated carbocycles. The van der Waals surface area contributed by atoms with E-state index < -0.39 is 102 Å². The summed E-state index contributed by atoms with van der Waals surface area (Å²) in [6.07, 6.45) is -12.0. The number of carbonyl (C=O) groups is 1. The molecule has 5 nitrogen and oxygen atoms in total. The molecular formula is C19H27NO4. The highest BCUT2D eigenvalue weighted by molar-refractivity contribution is 5.83. The van der Waals surface area contributed by atoms with Gasteiger partial charge in [-0.15, -0.1) is 0 Å². The Balaban J connectivity index is 2.67. The van der Waals surface area contributed by atoms with Crippen molar-refractivity contribution in [3.05, 3.63) is 23.2 Å². The molecule has 1 aromatic rings. The number of Topliss-reactive ketones (excluding diaryl/α,β-unsaturated/α-hetero) is 1. The Kier molecular flexibility index (Phi) is 1.52. The van der Waals surface area contributed by atoms with Crippen LogP contribution in [0.1, 0.15) is 67.0 Å². The third kappa shape index (κ3) is 3.28. The summed E-state index contributed by atoms with van der Waals surface area (Å²) in [6.45, 7) is -11.6. The number of hydrogen-bond acceptors (Lipinski definition) is 5. The van der Waals surface area contributed by atoms with E-state index in [2.05, 4.69) is 5.11 Å². The fourth-order valence-corrected chi connectivity index (χ4v) is 2.16. The molecule has 1 N–H and O–H groups in total. The van der Waals surface area contributed by atoms with Crippen LogP contribution in [0.3, 0.4) is 0 Å². The first-order valence-corrected chi connectivity index (χ1v) is 6.80. The van der Waals surface area contributed by atoms with Crippen LogP contribution < -0.4 is 9.47 Å². The van der Waals surface area contributed by atoms with Gasteiger partial charge in [0.15, 0.2) is 11.5 Å². The molecule has 132 valence electrons. The molecule has 3 atom stereocenters. The molecule has 0 bridgehead atoms. The number of benzene rings is 1. The van der Waals surface area contributed by atoms with Crippen LogP contribution in [-0.4, -0.2) is 50.0 Å². The molecule has 2 aliphatic heterocycles. The Labute approximate surface area is 168 Å². The molecule has 2 heterocycles. The van der Waals surface area contributed by atoms with E-state index >= 15 is 0 Å². The van der Waals surface area contributed by atoms with Crippen LogP contribution in [0.25, 0.3) is 0 Å². The van der Waals surface area contributed by atoms with E-state index in [0.717, 1.165) is 14.2 Å². The lowest BCUT2D eigenvalue weighted by Gasteiger charge is -2.44. The van der Waals surface area contributed by atoms with Gasteiger partial charge in [-0.2, -0.15) is 0 Å². The quantitative estimate of drug-likeness (QED) is 0.882. The van der Waals surface area contributed by atoms with Crippen molar-refractivity contribution in [1.29, 1.82) is 1.43 Å². The molecule has 1 fully saturated rings. The molecule has 0 aliphatic carbocycles. The smallest absolute Gasteiger partial charge is 0.211 e. The summed E-state index contributed by atoms with van der Waals surface area (Å²) in [6, 6.07) is -5.97. The van der Waals surface area contributed by atoms with E-state index in [1.165, 1.54) is 0 Å². The Morgan fingerprint density at radius 2 is 2.33 bits per heavy atom. The largest absolute Gasteiger partial charge is 0.493 e. The lowest BCUT2D eigenvalue weighted by Crippen LogP contribution is -2.47. The zero-order valence-electron chi connectivity index (χ0n) is 31.1. The maximum Gasteiger partial charge on any atom is 0.211 e. The van der Waals surface area contributed by atoms with Crippen molar-refractivity contribution in [2.75, 3.05) is 27.2 Å². The van der Waals surface area contributed by atoms with Crippen molar-refractivity contribution in [3.8, 4) is 11.5 Å². The van der Waals surface area contributed by atoms with Gasteiger partial charge >= 0.3 is 0 Å². The van der Waals surface area contributed by atoms with Crippen LogP contribution >= 0.6 is 0 Å². The van der Waals surface area contributed by atoms with E-state index in [9.17, 15) is 6.17 Å². The maximum atomic E-state index is 14.0. The summed E-state index contributed by atoms with van der Waals surface area (Å²) in [5.74, 6) is -8.13. The molecule has 1 unspecified atom stereocenters. The second-order valence-corrected chi connectivity index (χ2v) is 5.09. The van der Waals surface area contributed by atoms with Crippen LogP contribution in [0.4, 0.5) is 0 Å². The SMILES string of the molecule is [2H]OC(C)(C([2H])([2H])[2H])C([2H])([2H])[C@]1([2H])C(=O)C([2H])([2H])[C@@]2([2H])c3c([2H])c(OC)c(OC)c([2H])c3C([2H])([2H])C([2H])([2H])N2C1([2H])[2H]. The molecule has 5 heteroatoms. The molecule has 1 aromatic carbocycles. The molecule has 0 aromatic heterocycles. The minimum Gasteiger partial charge on any atom is -0.493 e. The third-order valence-electron chi connectivity index (χ3n) is 3.14. The topological polar surface area (TPSA) is 59.0 Å².